The summed E-state index contributed by atoms with van der Waals surface area (Å²) < 4.78 is 15.6. The van der Waals surface area contributed by atoms with E-state index in [-0.39, 0.29) is 31.7 Å². The van der Waals surface area contributed by atoms with Gasteiger partial charge in [0.1, 0.15) is 6.10 Å². The summed E-state index contributed by atoms with van der Waals surface area (Å²) >= 11 is 0. The summed E-state index contributed by atoms with van der Waals surface area (Å²) in [5.41, 5.74) is 0. The minimum atomic E-state index is -3.99. The highest BCUT2D eigenvalue weighted by Gasteiger charge is 2.29. The van der Waals surface area contributed by atoms with Crippen LogP contribution in [0, 0.1) is 0 Å². The topological polar surface area (TPSA) is 107 Å². The van der Waals surface area contributed by atoms with Gasteiger partial charge in [-0.05, 0) is 6.42 Å². The van der Waals surface area contributed by atoms with Gasteiger partial charge in [-0.25, -0.2) is 0 Å². The van der Waals surface area contributed by atoms with E-state index in [2.05, 4.69) is 0 Å². The van der Waals surface area contributed by atoms with Gasteiger partial charge in [-0.1, -0.05) is 0 Å². The zero-order chi connectivity index (χ0) is 10.8. The molecule has 1 saturated heterocycles. The number of hydrogen-bond donors (Lipinski definition) is 4. The van der Waals surface area contributed by atoms with E-state index in [0.29, 0.717) is 0 Å². The molecule has 0 aromatic carbocycles. The van der Waals surface area contributed by atoms with Gasteiger partial charge in [0.05, 0.1) is 25.0 Å². The Morgan fingerprint density at radius 1 is 1.29 bits per heavy atom. The maximum absolute atomic E-state index is 10.5. The summed E-state index contributed by atoms with van der Waals surface area (Å²) in [7, 11) is -3.99. The summed E-state index contributed by atoms with van der Waals surface area (Å²) in [6.07, 6.45) is -1.94. The summed E-state index contributed by atoms with van der Waals surface area (Å²) in [6, 6.07) is 0. The zero-order valence-corrected chi connectivity index (χ0v) is 8.51. The van der Waals surface area contributed by atoms with Gasteiger partial charge in [-0.2, -0.15) is 0 Å². The van der Waals surface area contributed by atoms with Crippen molar-refractivity contribution in [2.75, 3.05) is 12.8 Å². The van der Waals surface area contributed by atoms with E-state index in [4.69, 9.17) is 19.6 Å². The molecule has 0 aromatic heterocycles. The van der Waals surface area contributed by atoms with Crippen LogP contribution in [0.2, 0.25) is 0 Å². The van der Waals surface area contributed by atoms with E-state index >= 15 is 0 Å². The molecule has 0 aromatic rings. The molecule has 1 rings (SSSR count). The first-order valence-corrected chi connectivity index (χ1v) is 6.20. The van der Waals surface area contributed by atoms with E-state index in [1.54, 1.807) is 0 Å². The molecule has 7 heteroatoms. The third-order valence-electron chi connectivity index (χ3n) is 2.19. The first-order valence-electron chi connectivity index (χ1n) is 4.41. The van der Waals surface area contributed by atoms with Gasteiger partial charge in [0.25, 0.3) is 0 Å². The lowest BCUT2D eigenvalue weighted by Gasteiger charge is -2.30. The first-order chi connectivity index (χ1) is 6.38. The van der Waals surface area contributed by atoms with Crippen LogP contribution in [0.15, 0.2) is 0 Å². The van der Waals surface area contributed by atoms with Crippen LogP contribution in [0.5, 0.6) is 0 Å². The van der Waals surface area contributed by atoms with Crippen molar-refractivity contribution in [1.29, 1.82) is 0 Å². The third-order valence-corrected chi connectivity index (χ3v) is 3.03. The molecular formula is C7H15O6P. The molecule has 0 radical (unpaired) electrons. The van der Waals surface area contributed by atoms with Crippen molar-refractivity contribution in [3.63, 3.8) is 0 Å². The maximum Gasteiger partial charge on any atom is 0.325 e. The molecule has 0 amide bonds. The van der Waals surface area contributed by atoms with Crippen LogP contribution in [0.3, 0.4) is 0 Å². The van der Waals surface area contributed by atoms with E-state index < -0.39 is 19.8 Å². The van der Waals surface area contributed by atoms with Gasteiger partial charge < -0.3 is 24.7 Å². The molecule has 1 aliphatic rings. The Hall–Kier alpha value is 0.0300. The van der Waals surface area contributed by atoms with Crippen molar-refractivity contribution < 1.29 is 29.3 Å². The smallest absolute Gasteiger partial charge is 0.325 e. The molecule has 1 aliphatic heterocycles. The van der Waals surface area contributed by atoms with Crippen molar-refractivity contribution in [1.82, 2.24) is 0 Å². The molecule has 0 aliphatic carbocycles. The van der Waals surface area contributed by atoms with Gasteiger partial charge in [0.2, 0.25) is 0 Å². The molecule has 3 atom stereocenters. The van der Waals surface area contributed by atoms with Crippen molar-refractivity contribution in [3.05, 3.63) is 0 Å². The Labute approximate surface area is 81.7 Å². The van der Waals surface area contributed by atoms with Crippen molar-refractivity contribution in [3.8, 4) is 0 Å². The van der Waals surface area contributed by atoms with Gasteiger partial charge >= 0.3 is 7.60 Å². The zero-order valence-electron chi connectivity index (χ0n) is 7.61. The van der Waals surface area contributed by atoms with Crippen LogP contribution in [0.1, 0.15) is 12.8 Å². The van der Waals surface area contributed by atoms with Crippen LogP contribution in [-0.2, 0) is 9.30 Å². The Balaban J connectivity index is 2.30. The van der Waals surface area contributed by atoms with Crippen LogP contribution in [-0.4, -0.2) is 51.1 Å². The molecule has 1 fully saturated rings. The summed E-state index contributed by atoms with van der Waals surface area (Å²) in [5, 5.41) is 18.3. The fourth-order valence-corrected chi connectivity index (χ4v) is 1.98. The van der Waals surface area contributed by atoms with E-state index in [0.717, 1.165) is 0 Å². The normalized spacial score (nSPS) is 34.4. The third kappa shape index (κ3) is 4.04. The molecule has 84 valence electrons. The first kappa shape index (κ1) is 12.1. The highest BCUT2D eigenvalue weighted by Crippen LogP contribution is 2.36. The highest BCUT2D eigenvalue weighted by atomic mass is 31.2. The van der Waals surface area contributed by atoms with Crippen LogP contribution < -0.4 is 0 Å². The molecule has 0 saturated carbocycles. The second-order valence-corrected chi connectivity index (χ2v) is 5.28. The van der Waals surface area contributed by atoms with Crippen molar-refractivity contribution in [2.45, 2.75) is 31.2 Å². The van der Waals surface area contributed by atoms with Crippen molar-refractivity contribution in [2.24, 2.45) is 0 Å². The van der Waals surface area contributed by atoms with Gasteiger partial charge in [-0.3, -0.25) is 4.57 Å². The van der Waals surface area contributed by atoms with Crippen LogP contribution in [0.4, 0.5) is 0 Å². The predicted molar refractivity (Wildman–Crippen MR) is 47.9 cm³/mol. The molecular weight excluding hydrogens is 211 g/mol. The predicted octanol–water partition coefficient (Wildman–Crippen LogP) is -0.935. The second-order valence-electron chi connectivity index (χ2n) is 3.50. The lowest BCUT2D eigenvalue weighted by molar-refractivity contribution is -0.121. The van der Waals surface area contributed by atoms with E-state index in [9.17, 15) is 9.67 Å². The van der Waals surface area contributed by atoms with Gasteiger partial charge in [-0.15, -0.1) is 0 Å². The molecule has 0 spiro atoms. The summed E-state index contributed by atoms with van der Waals surface area (Å²) in [6.45, 7) is 0.0208. The lowest BCUT2D eigenvalue weighted by Crippen LogP contribution is -2.41. The molecule has 1 heterocycles. The standard InChI is InChI=1S/C7H15O6P/c8-6-3-5(13-4-7(6)9)1-2-14(10,11)12/h5-9H,1-4H2,(H2,10,11,12)/t5-,6+,7?/m1/s1. The number of aliphatic hydroxyl groups is 2. The van der Waals surface area contributed by atoms with Gasteiger partial charge in [0, 0.05) is 6.42 Å². The fraction of sp³-hybridized carbons (Fsp3) is 1.00. The lowest BCUT2D eigenvalue weighted by atomic mass is 10.0. The largest absolute Gasteiger partial charge is 0.390 e. The Morgan fingerprint density at radius 2 is 1.93 bits per heavy atom. The van der Waals surface area contributed by atoms with Gasteiger partial charge in [0.15, 0.2) is 0 Å². The SMILES string of the molecule is O=P(O)(O)CC[C@@H]1C[C@H](O)C(O)CO1. The highest BCUT2D eigenvalue weighted by molar-refractivity contribution is 7.51. The second kappa shape index (κ2) is 4.70. The quantitative estimate of drug-likeness (QED) is 0.463. The number of ether oxygens (including phenoxy) is 1. The summed E-state index contributed by atoms with van der Waals surface area (Å²) in [4.78, 5) is 17.2. The molecule has 4 N–H and O–H groups in total. The number of rotatable bonds is 3. The minimum absolute atomic E-state index is 0.0208. The average molecular weight is 226 g/mol. The molecule has 1 unspecified atom stereocenters. The van der Waals surface area contributed by atoms with Crippen molar-refractivity contribution >= 4 is 7.60 Å². The monoisotopic (exact) mass is 226 g/mol. The maximum atomic E-state index is 10.5. The number of aliphatic hydroxyl groups excluding tert-OH is 2. The minimum Gasteiger partial charge on any atom is -0.390 e. The Bertz CT molecular complexity index is 226. The van der Waals surface area contributed by atoms with Crippen LogP contribution >= 0.6 is 7.60 Å². The van der Waals surface area contributed by atoms with E-state index in [1.807, 2.05) is 0 Å². The average Bonchev–Trinajstić information content (AvgIpc) is 2.06. The number of hydrogen-bond acceptors (Lipinski definition) is 4. The fourth-order valence-electron chi connectivity index (χ4n) is 1.35. The molecule has 6 nitrogen and oxygen atoms in total. The molecule has 0 bridgehead atoms. The Kier molecular flexibility index (Phi) is 4.06. The van der Waals surface area contributed by atoms with Crippen LogP contribution in [0.25, 0.3) is 0 Å². The Morgan fingerprint density at radius 3 is 2.43 bits per heavy atom. The van der Waals surface area contributed by atoms with E-state index in [1.165, 1.54) is 0 Å². The molecule has 14 heavy (non-hydrogen) atoms. The summed E-state index contributed by atoms with van der Waals surface area (Å²) in [5.74, 6) is 0.